The number of rotatable bonds is 4. The Labute approximate surface area is 151 Å². The lowest BCUT2D eigenvalue weighted by Gasteiger charge is -2.38. The summed E-state index contributed by atoms with van der Waals surface area (Å²) >= 11 is 1.70. The molecule has 4 nitrogen and oxygen atoms in total. The van der Waals surface area contributed by atoms with Crippen LogP contribution in [0.2, 0.25) is 0 Å². The van der Waals surface area contributed by atoms with E-state index in [9.17, 15) is 4.79 Å². The largest absolute Gasteiger partial charge is 0.471 e. The molecule has 2 aromatic carbocycles. The molecule has 128 valence electrons. The summed E-state index contributed by atoms with van der Waals surface area (Å²) < 4.78 is 6.04. The Morgan fingerprint density at radius 3 is 2.48 bits per heavy atom. The first kappa shape index (κ1) is 16.2. The molecule has 2 aliphatic rings. The van der Waals surface area contributed by atoms with Crippen molar-refractivity contribution in [1.29, 1.82) is 0 Å². The fourth-order valence-electron chi connectivity index (χ4n) is 3.38. The monoisotopic (exact) mass is 352 g/mol. The summed E-state index contributed by atoms with van der Waals surface area (Å²) in [7, 11) is 0. The molecule has 1 saturated heterocycles. The van der Waals surface area contributed by atoms with Crippen LogP contribution in [-0.4, -0.2) is 40.5 Å². The van der Waals surface area contributed by atoms with Crippen molar-refractivity contribution in [3.63, 3.8) is 0 Å². The molecule has 2 heterocycles. The van der Waals surface area contributed by atoms with Crippen LogP contribution < -0.4 is 0 Å². The van der Waals surface area contributed by atoms with E-state index in [1.165, 1.54) is 0 Å². The fraction of sp³-hybridized carbons (Fsp3) is 0.300. The van der Waals surface area contributed by atoms with E-state index >= 15 is 0 Å². The van der Waals surface area contributed by atoms with Gasteiger partial charge in [-0.25, -0.2) is 4.99 Å². The number of hydrogen-bond donors (Lipinski definition) is 0. The van der Waals surface area contributed by atoms with Crippen LogP contribution in [-0.2, 0) is 16.1 Å². The quantitative estimate of drug-likeness (QED) is 0.848. The Bertz CT molecular complexity index is 779. The highest BCUT2D eigenvalue weighted by atomic mass is 32.2. The Morgan fingerprint density at radius 1 is 1.12 bits per heavy atom. The third-order valence-corrected chi connectivity index (χ3v) is 5.67. The van der Waals surface area contributed by atoms with Gasteiger partial charge in [0.25, 0.3) is 5.91 Å². The topological polar surface area (TPSA) is 41.9 Å². The second kappa shape index (κ2) is 6.92. The van der Waals surface area contributed by atoms with Gasteiger partial charge in [-0.15, -0.1) is 11.8 Å². The van der Waals surface area contributed by atoms with E-state index in [1.54, 1.807) is 11.8 Å². The number of amides is 1. The van der Waals surface area contributed by atoms with Crippen LogP contribution in [0.3, 0.4) is 0 Å². The van der Waals surface area contributed by atoms with Crippen molar-refractivity contribution >= 4 is 23.6 Å². The molecule has 5 heteroatoms. The first-order chi connectivity index (χ1) is 12.3. The van der Waals surface area contributed by atoms with Crippen LogP contribution in [0.15, 0.2) is 65.7 Å². The lowest BCUT2D eigenvalue weighted by Crippen LogP contribution is -2.53. The maximum Gasteiger partial charge on any atom is 0.252 e. The van der Waals surface area contributed by atoms with Crippen LogP contribution in [0.5, 0.6) is 0 Å². The number of carbonyl (C=O) groups is 1. The van der Waals surface area contributed by atoms with Crippen molar-refractivity contribution in [2.75, 3.05) is 6.26 Å². The first-order valence-electron chi connectivity index (χ1n) is 8.43. The third-order valence-electron chi connectivity index (χ3n) is 4.68. The molecule has 0 unspecified atom stereocenters. The number of hydrogen-bond acceptors (Lipinski definition) is 4. The van der Waals surface area contributed by atoms with Gasteiger partial charge in [-0.2, -0.15) is 0 Å². The van der Waals surface area contributed by atoms with Gasteiger partial charge in [-0.1, -0.05) is 48.5 Å². The van der Waals surface area contributed by atoms with Gasteiger partial charge in [0.15, 0.2) is 6.04 Å². The minimum Gasteiger partial charge on any atom is -0.471 e. The number of ether oxygens (including phenoxy) is 1. The standard InChI is InChI=1S/C20H20N2O2S/c1-25-17-12-16-18(21-19(24-16)15-10-6-3-7-11-15)20(23)22(17)13-14-8-4-2-5-9-14/h2-11,16-18H,12-13H2,1H3/t16-,17+,18+/m0/s1. The molecule has 2 aliphatic heterocycles. The lowest BCUT2D eigenvalue weighted by atomic mass is 10.0. The Morgan fingerprint density at radius 2 is 1.80 bits per heavy atom. The highest BCUT2D eigenvalue weighted by Gasteiger charge is 2.46. The zero-order valence-electron chi connectivity index (χ0n) is 14.0. The normalized spacial score (nSPS) is 25.3. The zero-order valence-corrected chi connectivity index (χ0v) is 14.9. The van der Waals surface area contributed by atoms with Gasteiger partial charge in [-0.05, 0) is 24.0 Å². The summed E-state index contributed by atoms with van der Waals surface area (Å²) in [5, 5.41) is 0.110. The molecule has 0 aliphatic carbocycles. The van der Waals surface area contributed by atoms with Gasteiger partial charge in [0.1, 0.15) is 6.10 Å². The molecular weight excluding hydrogens is 332 g/mol. The van der Waals surface area contributed by atoms with Crippen molar-refractivity contribution in [3.8, 4) is 0 Å². The van der Waals surface area contributed by atoms with Gasteiger partial charge in [-0.3, -0.25) is 4.79 Å². The van der Waals surface area contributed by atoms with E-state index < -0.39 is 6.04 Å². The molecule has 1 fully saturated rings. The number of nitrogens with zero attached hydrogens (tertiary/aromatic N) is 2. The molecule has 0 saturated carbocycles. The summed E-state index contributed by atoms with van der Waals surface area (Å²) in [5.41, 5.74) is 2.07. The predicted octanol–water partition coefficient (Wildman–Crippen LogP) is 3.32. The van der Waals surface area contributed by atoms with Gasteiger partial charge in [0.2, 0.25) is 5.90 Å². The smallest absolute Gasteiger partial charge is 0.252 e. The molecule has 2 aromatic rings. The van der Waals surface area contributed by atoms with Crippen LogP contribution in [0.25, 0.3) is 0 Å². The molecule has 4 rings (SSSR count). The number of benzene rings is 2. The van der Waals surface area contributed by atoms with E-state index in [0.29, 0.717) is 12.4 Å². The summed E-state index contributed by atoms with van der Waals surface area (Å²) in [6, 6.07) is 19.5. The van der Waals surface area contributed by atoms with Gasteiger partial charge < -0.3 is 9.64 Å². The summed E-state index contributed by atoms with van der Waals surface area (Å²) in [5.74, 6) is 0.649. The van der Waals surface area contributed by atoms with E-state index in [2.05, 4.69) is 17.1 Å². The average molecular weight is 352 g/mol. The van der Waals surface area contributed by atoms with Crippen LogP contribution in [0.1, 0.15) is 17.5 Å². The number of carbonyl (C=O) groups excluding carboxylic acids is 1. The minimum absolute atomic E-state index is 0.0605. The highest BCUT2D eigenvalue weighted by Crippen LogP contribution is 2.34. The molecule has 0 N–H and O–H groups in total. The van der Waals surface area contributed by atoms with Gasteiger partial charge in [0.05, 0.1) is 5.37 Å². The Hall–Kier alpha value is -2.27. The lowest BCUT2D eigenvalue weighted by molar-refractivity contribution is -0.139. The Kier molecular flexibility index (Phi) is 4.49. The second-order valence-electron chi connectivity index (χ2n) is 6.28. The van der Waals surface area contributed by atoms with E-state index in [-0.39, 0.29) is 17.4 Å². The maximum atomic E-state index is 13.1. The average Bonchev–Trinajstić information content (AvgIpc) is 3.10. The van der Waals surface area contributed by atoms with Gasteiger partial charge >= 0.3 is 0 Å². The van der Waals surface area contributed by atoms with E-state index in [1.807, 2.05) is 59.7 Å². The maximum absolute atomic E-state index is 13.1. The molecule has 3 atom stereocenters. The Balaban J connectivity index is 1.59. The van der Waals surface area contributed by atoms with E-state index in [4.69, 9.17) is 4.74 Å². The summed E-state index contributed by atoms with van der Waals surface area (Å²) in [6.45, 7) is 0.616. The molecule has 0 spiro atoms. The van der Waals surface area contributed by atoms with Crippen molar-refractivity contribution in [2.45, 2.75) is 30.5 Å². The number of piperidine rings is 1. The third kappa shape index (κ3) is 3.16. The number of aliphatic imine (C=N–C) groups is 1. The molecule has 25 heavy (non-hydrogen) atoms. The number of fused-ring (bicyclic) bond motifs is 1. The summed E-state index contributed by atoms with van der Waals surface area (Å²) in [4.78, 5) is 19.6. The van der Waals surface area contributed by atoms with Crippen molar-refractivity contribution in [3.05, 3.63) is 71.8 Å². The van der Waals surface area contributed by atoms with Crippen molar-refractivity contribution < 1.29 is 9.53 Å². The fourth-order valence-corrected chi connectivity index (χ4v) is 4.20. The van der Waals surface area contributed by atoms with Crippen LogP contribution in [0.4, 0.5) is 0 Å². The van der Waals surface area contributed by atoms with Crippen molar-refractivity contribution in [1.82, 2.24) is 4.90 Å². The predicted molar refractivity (Wildman–Crippen MR) is 101 cm³/mol. The van der Waals surface area contributed by atoms with E-state index in [0.717, 1.165) is 17.5 Å². The zero-order chi connectivity index (χ0) is 17.2. The molecule has 0 bridgehead atoms. The second-order valence-corrected chi connectivity index (χ2v) is 7.29. The van der Waals surface area contributed by atoms with Crippen molar-refractivity contribution in [2.24, 2.45) is 4.99 Å². The first-order valence-corrected chi connectivity index (χ1v) is 9.72. The molecule has 0 aromatic heterocycles. The van der Waals surface area contributed by atoms with Crippen LogP contribution in [0, 0.1) is 0 Å². The summed E-state index contributed by atoms with van der Waals surface area (Å²) in [6.07, 6.45) is 2.68. The number of thioether (sulfide) groups is 1. The molecule has 0 radical (unpaired) electrons. The number of likely N-dealkylation sites (tertiary alicyclic amines) is 1. The molecular formula is C20H20N2O2S. The SMILES string of the molecule is CS[C@@H]1C[C@@H]2OC(c3ccccc3)=N[C@H]2C(=O)N1Cc1ccccc1. The van der Waals surface area contributed by atoms with Gasteiger partial charge in [0, 0.05) is 18.5 Å². The minimum atomic E-state index is -0.428. The van der Waals surface area contributed by atoms with Crippen LogP contribution >= 0.6 is 11.8 Å². The molecule has 1 amide bonds. The highest BCUT2D eigenvalue weighted by molar-refractivity contribution is 7.99.